The number of allylic oxidation sites excluding steroid dienone is 1. The van der Waals surface area contributed by atoms with Gasteiger partial charge in [-0.2, -0.15) is 0 Å². The standard InChI is InChI=1S/C33H34N6O3/c1-5-6-15-30-34-22(2)29(19-23-11-10-14-25(18-23)32(41)42-4)33(3,21-40)39(30)26-16-17-27(24-12-8-7-9-13-24)28(20-26)31-35-37-38-36-31/h7-14,16-18,20-21H,5-6,15,19H2,1-4H3,(H,35,36,37,38). The lowest BCUT2D eigenvalue weighted by Crippen LogP contribution is -2.55. The molecule has 1 unspecified atom stereocenters. The number of nitrogens with zero attached hydrogens (tertiary/aromatic N) is 5. The number of carbonyl (C=O) groups is 2. The normalized spacial score (nSPS) is 16.8. The second-order valence-corrected chi connectivity index (χ2v) is 10.5. The molecule has 5 rings (SSSR count). The Bertz CT molecular complexity index is 1650. The minimum absolute atomic E-state index is 0.404. The largest absolute Gasteiger partial charge is 0.465 e. The van der Waals surface area contributed by atoms with Gasteiger partial charge in [-0.3, -0.25) is 0 Å². The summed E-state index contributed by atoms with van der Waals surface area (Å²) in [5, 5.41) is 14.7. The van der Waals surface area contributed by atoms with Gasteiger partial charge in [-0.05, 0) is 83.6 Å². The summed E-state index contributed by atoms with van der Waals surface area (Å²) < 4.78 is 4.92. The lowest BCUT2D eigenvalue weighted by atomic mass is 9.82. The lowest BCUT2D eigenvalue weighted by Gasteiger charge is -2.45. The summed E-state index contributed by atoms with van der Waals surface area (Å²) in [5.41, 5.74) is 5.56. The Morgan fingerprint density at radius 2 is 1.86 bits per heavy atom. The smallest absolute Gasteiger partial charge is 0.337 e. The maximum Gasteiger partial charge on any atom is 0.337 e. The number of esters is 1. The number of aromatic amines is 1. The molecular formula is C33H34N6O3. The number of nitrogens with one attached hydrogen (secondary N) is 1. The van der Waals surface area contributed by atoms with Gasteiger partial charge in [-0.15, -0.1) is 5.10 Å². The molecule has 0 aliphatic carbocycles. The van der Waals surface area contributed by atoms with E-state index in [9.17, 15) is 9.59 Å². The Labute approximate surface area is 245 Å². The minimum Gasteiger partial charge on any atom is -0.465 e. The monoisotopic (exact) mass is 562 g/mol. The molecule has 0 amide bonds. The zero-order chi connectivity index (χ0) is 29.7. The first kappa shape index (κ1) is 28.6. The lowest BCUT2D eigenvalue weighted by molar-refractivity contribution is -0.110. The molecule has 214 valence electrons. The molecule has 1 atom stereocenters. The summed E-state index contributed by atoms with van der Waals surface area (Å²) in [5.74, 6) is 0.947. The topological polar surface area (TPSA) is 113 Å². The Balaban J connectivity index is 1.65. The fourth-order valence-corrected chi connectivity index (χ4v) is 5.57. The van der Waals surface area contributed by atoms with E-state index in [-0.39, 0.29) is 0 Å². The molecule has 1 aliphatic rings. The number of unbranched alkanes of at least 4 members (excludes halogenated alkanes) is 1. The Morgan fingerprint density at radius 3 is 2.55 bits per heavy atom. The van der Waals surface area contributed by atoms with Crippen LogP contribution in [0.4, 0.5) is 5.69 Å². The van der Waals surface area contributed by atoms with E-state index in [1.807, 2.05) is 85.5 Å². The first-order valence-corrected chi connectivity index (χ1v) is 14.0. The molecular weight excluding hydrogens is 528 g/mol. The van der Waals surface area contributed by atoms with Gasteiger partial charge in [0.15, 0.2) is 5.82 Å². The molecule has 1 N–H and O–H groups in total. The van der Waals surface area contributed by atoms with E-state index in [1.165, 1.54) is 7.11 Å². The van der Waals surface area contributed by atoms with Gasteiger partial charge >= 0.3 is 5.97 Å². The highest BCUT2D eigenvalue weighted by molar-refractivity contribution is 6.06. The molecule has 0 saturated carbocycles. The molecule has 3 aromatic carbocycles. The molecule has 2 heterocycles. The van der Waals surface area contributed by atoms with Crippen molar-refractivity contribution in [1.82, 2.24) is 20.6 Å². The van der Waals surface area contributed by atoms with Crippen molar-refractivity contribution >= 4 is 23.8 Å². The number of aliphatic imine (C=N–C) groups is 1. The van der Waals surface area contributed by atoms with Crippen LogP contribution in [0, 0.1) is 0 Å². The molecule has 42 heavy (non-hydrogen) atoms. The van der Waals surface area contributed by atoms with Crippen molar-refractivity contribution in [2.45, 2.75) is 52.0 Å². The number of hydrogen-bond acceptors (Lipinski definition) is 8. The average molecular weight is 563 g/mol. The van der Waals surface area contributed by atoms with Crippen molar-refractivity contribution in [2.75, 3.05) is 12.0 Å². The van der Waals surface area contributed by atoms with Crippen LogP contribution in [0.2, 0.25) is 0 Å². The van der Waals surface area contributed by atoms with Gasteiger partial charge in [-0.25, -0.2) is 14.9 Å². The van der Waals surface area contributed by atoms with Crippen molar-refractivity contribution in [2.24, 2.45) is 4.99 Å². The van der Waals surface area contributed by atoms with Crippen molar-refractivity contribution in [3.63, 3.8) is 0 Å². The number of rotatable bonds is 10. The van der Waals surface area contributed by atoms with E-state index < -0.39 is 11.5 Å². The zero-order valence-electron chi connectivity index (χ0n) is 24.3. The van der Waals surface area contributed by atoms with Crippen LogP contribution in [0.1, 0.15) is 56.0 Å². The molecule has 4 aromatic rings. The summed E-state index contributed by atoms with van der Waals surface area (Å²) in [6, 6.07) is 23.4. The molecule has 9 heteroatoms. The number of tetrazole rings is 1. The summed E-state index contributed by atoms with van der Waals surface area (Å²) >= 11 is 0. The quantitative estimate of drug-likeness (QED) is 0.181. The van der Waals surface area contributed by atoms with Crippen LogP contribution < -0.4 is 4.90 Å². The van der Waals surface area contributed by atoms with E-state index in [0.717, 1.165) is 64.2 Å². The number of hydrogen-bond donors (Lipinski definition) is 1. The maximum atomic E-state index is 13.2. The highest BCUT2D eigenvalue weighted by Crippen LogP contribution is 2.41. The van der Waals surface area contributed by atoms with Gasteiger partial charge in [0.2, 0.25) is 0 Å². The third-order valence-corrected chi connectivity index (χ3v) is 7.73. The number of amidine groups is 1. The predicted octanol–water partition coefficient (Wildman–Crippen LogP) is 6.20. The number of aldehydes is 1. The number of ether oxygens (including phenoxy) is 1. The molecule has 0 bridgehead atoms. The third-order valence-electron chi connectivity index (χ3n) is 7.73. The fraction of sp³-hybridized carbons (Fsp3) is 0.273. The van der Waals surface area contributed by atoms with Crippen LogP contribution in [-0.4, -0.2) is 51.4 Å². The highest BCUT2D eigenvalue weighted by atomic mass is 16.5. The summed E-state index contributed by atoms with van der Waals surface area (Å²) in [6.45, 7) is 6.03. The average Bonchev–Trinajstić information content (AvgIpc) is 3.57. The summed E-state index contributed by atoms with van der Waals surface area (Å²) in [7, 11) is 1.36. The van der Waals surface area contributed by atoms with Crippen LogP contribution in [0.3, 0.4) is 0 Å². The van der Waals surface area contributed by atoms with Crippen molar-refractivity contribution in [1.29, 1.82) is 0 Å². The van der Waals surface area contributed by atoms with E-state index in [1.54, 1.807) is 6.07 Å². The number of H-pyrrole nitrogens is 1. The number of methoxy groups -OCH3 is 1. The van der Waals surface area contributed by atoms with Crippen molar-refractivity contribution in [3.05, 3.63) is 95.2 Å². The molecule has 0 fully saturated rings. The van der Waals surface area contributed by atoms with Gasteiger partial charge in [0, 0.05) is 23.4 Å². The van der Waals surface area contributed by atoms with Crippen LogP contribution in [0.25, 0.3) is 22.5 Å². The number of aromatic nitrogens is 4. The van der Waals surface area contributed by atoms with Crippen LogP contribution in [0.5, 0.6) is 0 Å². The number of benzene rings is 3. The zero-order valence-corrected chi connectivity index (χ0v) is 24.3. The molecule has 0 radical (unpaired) electrons. The van der Waals surface area contributed by atoms with E-state index in [4.69, 9.17) is 9.73 Å². The summed E-state index contributed by atoms with van der Waals surface area (Å²) in [4.78, 5) is 32.5. The Hall–Kier alpha value is -4.92. The van der Waals surface area contributed by atoms with Crippen LogP contribution >= 0.6 is 0 Å². The van der Waals surface area contributed by atoms with Crippen LogP contribution in [0.15, 0.2) is 89.1 Å². The highest BCUT2D eigenvalue weighted by Gasteiger charge is 2.42. The second kappa shape index (κ2) is 12.3. The first-order valence-electron chi connectivity index (χ1n) is 14.0. The SMILES string of the molecule is CCCCC1=NC(C)=C(Cc2cccc(C(=O)OC)c2)C(C)(C=O)N1c1ccc(-c2ccccc2)c(-c2nnn[nH]2)c1. The van der Waals surface area contributed by atoms with E-state index in [0.29, 0.717) is 24.2 Å². The Morgan fingerprint density at radius 1 is 1.05 bits per heavy atom. The molecule has 9 nitrogen and oxygen atoms in total. The van der Waals surface area contributed by atoms with Crippen molar-refractivity contribution in [3.8, 4) is 22.5 Å². The van der Waals surface area contributed by atoms with E-state index in [2.05, 4.69) is 27.5 Å². The number of carbonyl (C=O) groups excluding carboxylic acids is 2. The van der Waals surface area contributed by atoms with E-state index >= 15 is 0 Å². The summed E-state index contributed by atoms with van der Waals surface area (Å²) in [6.07, 6.45) is 4.06. The molecule has 0 saturated heterocycles. The van der Waals surface area contributed by atoms with Crippen LogP contribution in [-0.2, 0) is 16.0 Å². The number of anilines is 1. The van der Waals surface area contributed by atoms with Gasteiger partial charge in [0.25, 0.3) is 0 Å². The third kappa shape index (κ3) is 5.50. The van der Waals surface area contributed by atoms with Gasteiger partial charge in [0.1, 0.15) is 17.7 Å². The van der Waals surface area contributed by atoms with Crippen molar-refractivity contribution < 1.29 is 14.3 Å². The van der Waals surface area contributed by atoms with Gasteiger partial charge < -0.3 is 14.4 Å². The second-order valence-electron chi connectivity index (χ2n) is 10.5. The van der Waals surface area contributed by atoms with Gasteiger partial charge in [0.05, 0.1) is 12.7 Å². The maximum absolute atomic E-state index is 13.2. The predicted molar refractivity (Wildman–Crippen MR) is 163 cm³/mol. The minimum atomic E-state index is -1.04. The fourth-order valence-electron chi connectivity index (χ4n) is 5.57. The molecule has 1 aromatic heterocycles. The Kier molecular flexibility index (Phi) is 8.38. The van der Waals surface area contributed by atoms with Gasteiger partial charge in [-0.1, -0.05) is 61.9 Å². The molecule has 1 aliphatic heterocycles. The first-order chi connectivity index (χ1) is 20.4. The molecule has 0 spiro atoms.